The molecule has 2 rings (SSSR count). The minimum absolute atomic E-state index is 0.280. The minimum Gasteiger partial charge on any atom is -0.493 e. The highest BCUT2D eigenvalue weighted by molar-refractivity contribution is 5.95. The van der Waals surface area contributed by atoms with E-state index in [4.69, 9.17) is 0 Å². The number of aromatic nitrogens is 2. The first kappa shape index (κ1) is 12.0. The average molecular weight is 244 g/mol. The van der Waals surface area contributed by atoms with Crippen LogP contribution in [0.15, 0.2) is 35.1 Å². The Labute approximate surface area is 103 Å². The van der Waals surface area contributed by atoms with Gasteiger partial charge in [0.25, 0.3) is 5.56 Å². The number of Topliss-reactive ketones (excluding diaryl/α,β-unsaturated/α-hetero) is 1. The van der Waals surface area contributed by atoms with Crippen molar-refractivity contribution in [3.8, 4) is 17.3 Å². The molecule has 5 heteroatoms. The Balaban J connectivity index is 2.74. The standard InChI is InChI=1S/C13H12N2O3/c1-8(16)10-12(17)14-11(15(2)13(10)18)9-6-4-3-5-7-9/h3-7,17H,1-2H3. The topological polar surface area (TPSA) is 72.2 Å². The highest BCUT2D eigenvalue weighted by atomic mass is 16.3. The lowest BCUT2D eigenvalue weighted by Crippen LogP contribution is -2.26. The smallest absolute Gasteiger partial charge is 0.268 e. The molecule has 0 aliphatic heterocycles. The quantitative estimate of drug-likeness (QED) is 0.809. The normalized spacial score (nSPS) is 10.3. The molecule has 0 saturated heterocycles. The van der Waals surface area contributed by atoms with Crippen molar-refractivity contribution >= 4 is 5.78 Å². The Morgan fingerprint density at radius 3 is 2.44 bits per heavy atom. The third kappa shape index (κ3) is 1.90. The predicted octanol–water partition coefficient (Wildman–Crippen LogP) is 1.36. The molecule has 1 heterocycles. The zero-order valence-corrected chi connectivity index (χ0v) is 10.0. The van der Waals surface area contributed by atoms with E-state index in [2.05, 4.69) is 4.98 Å². The summed E-state index contributed by atoms with van der Waals surface area (Å²) in [5.74, 6) is -0.701. The molecular formula is C13H12N2O3. The lowest BCUT2D eigenvalue weighted by molar-refractivity contribution is 0.101. The number of rotatable bonds is 2. The van der Waals surface area contributed by atoms with Crippen LogP contribution in [0.5, 0.6) is 5.88 Å². The van der Waals surface area contributed by atoms with Gasteiger partial charge in [0.2, 0.25) is 5.88 Å². The second kappa shape index (κ2) is 4.44. The van der Waals surface area contributed by atoms with Gasteiger partial charge in [-0.3, -0.25) is 14.2 Å². The number of aromatic hydroxyl groups is 1. The van der Waals surface area contributed by atoms with Gasteiger partial charge in [-0.25, -0.2) is 0 Å². The number of nitrogens with zero attached hydrogens (tertiary/aromatic N) is 2. The average Bonchev–Trinajstić information content (AvgIpc) is 2.34. The van der Waals surface area contributed by atoms with Crippen molar-refractivity contribution in [3.63, 3.8) is 0 Å². The molecule has 1 aromatic carbocycles. The molecule has 92 valence electrons. The van der Waals surface area contributed by atoms with Crippen LogP contribution in [0.4, 0.5) is 0 Å². The van der Waals surface area contributed by atoms with Crippen molar-refractivity contribution in [1.82, 2.24) is 9.55 Å². The predicted molar refractivity (Wildman–Crippen MR) is 66.6 cm³/mol. The molecular weight excluding hydrogens is 232 g/mol. The van der Waals surface area contributed by atoms with Crippen molar-refractivity contribution in [2.24, 2.45) is 7.05 Å². The van der Waals surface area contributed by atoms with E-state index in [1.165, 1.54) is 18.5 Å². The third-order valence-corrected chi connectivity index (χ3v) is 2.66. The van der Waals surface area contributed by atoms with E-state index < -0.39 is 17.2 Å². The van der Waals surface area contributed by atoms with E-state index in [1.54, 1.807) is 24.3 Å². The van der Waals surface area contributed by atoms with Gasteiger partial charge in [-0.05, 0) is 6.92 Å². The van der Waals surface area contributed by atoms with Crippen LogP contribution in [0.1, 0.15) is 17.3 Å². The summed E-state index contributed by atoms with van der Waals surface area (Å²) in [5, 5.41) is 9.68. The molecule has 0 saturated carbocycles. The molecule has 18 heavy (non-hydrogen) atoms. The molecule has 0 spiro atoms. The molecule has 2 aromatic rings. The first-order valence-electron chi connectivity index (χ1n) is 5.38. The maximum Gasteiger partial charge on any atom is 0.268 e. The zero-order chi connectivity index (χ0) is 13.3. The summed E-state index contributed by atoms with van der Waals surface area (Å²) in [7, 11) is 1.52. The zero-order valence-electron chi connectivity index (χ0n) is 10.0. The van der Waals surface area contributed by atoms with Crippen molar-refractivity contribution in [2.75, 3.05) is 0 Å². The molecule has 0 amide bonds. The first-order chi connectivity index (χ1) is 8.52. The Bertz CT molecular complexity index is 660. The summed E-state index contributed by atoms with van der Waals surface area (Å²) in [6.07, 6.45) is 0. The maximum absolute atomic E-state index is 12.0. The van der Waals surface area contributed by atoms with Gasteiger partial charge < -0.3 is 5.11 Å². The molecule has 0 aliphatic rings. The van der Waals surface area contributed by atoms with E-state index in [1.807, 2.05) is 6.07 Å². The molecule has 0 fully saturated rings. The number of hydrogen-bond donors (Lipinski definition) is 1. The Morgan fingerprint density at radius 1 is 1.28 bits per heavy atom. The lowest BCUT2D eigenvalue weighted by Gasteiger charge is -2.09. The van der Waals surface area contributed by atoms with E-state index >= 15 is 0 Å². The van der Waals surface area contributed by atoms with Crippen molar-refractivity contribution < 1.29 is 9.90 Å². The number of carbonyl (C=O) groups excluding carboxylic acids is 1. The molecule has 0 aliphatic carbocycles. The van der Waals surface area contributed by atoms with Gasteiger partial charge in [0.15, 0.2) is 5.78 Å². The fourth-order valence-corrected chi connectivity index (χ4v) is 1.74. The Hall–Kier alpha value is -2.43. The summed E-state index contributed by atoms with van der Waals surface area (Å²) in [4.78, 5) is 27.2. The van der Waals surface area contributed by atoms with Gasteiger partial charge in [-0.1, -0.05) is 30.3 Å². The van der Waals surface area contributed by atoms with Crippen LogP contribution in [-0.4, -0.2) is 20.4 Å². The van der Waals surface area contributed by atoms with E-state index in [9.17, 15) is 14.7 Å². The fraction of sp³-hybridized carbons (Fsp3) is 0.154. The molecule has 0 atom stereocenters. The number of carbonyl (C=O) groups is 1. The van der Waals surface area contributed by atoms with Gasteiger partial charge in [-0.2, -0.15) is 4.98 Å². The minimum atomic E-state index is -0.547. The highest BCUT2D eigenvalue weighted by Gasteiger charge is 2.18. The van der Waals surface area contributed by atoms with Crippen LogP contribution >= 0.6 is 0 Å². The van der Waals surface area contributed by atoms with Gasteiger partial charge in [0, 0.05) is 12.6 Å². The number of benzene rings is 1. The maximum atomic E-state index is 12.0. The molecule has 0 bridgehead atoms. The highest BCUT2D eigenvalue weighted by Crippen LogP contribution is 2.19. The van der Waals surface area contributed by atoms with Crippen LogP contribution in [0.2, 0.25) is 0 Å². The summed E-state index contributed by atoms with van der Waals surface area (Å²) in [5.41, 5.74) is -0.131. The molecule has 1 aromatic heterocycles. The van der Waals surface area contributed by atoms with Gasteiger partial charge in [-0.15, -0.1) is 0 Å². The van der Waals surface area contributed by atoms with Crippen molar-refractivity contribution in [3.05, 3.63) is 46.2 Å². The van der Waals surface area contributed by atoms with Crippen LogP contribution in [-0.2, 0) is 7.05 Å². The second-order valence-corrected chi connectivity index (χ2v) is 3.92. The largest absolute Gasteiger partial charge is 0.493 e. The summed E-state index contributed by atoms with van der Waals surface area (Å²) < 4.78 is 1.26. The SMILES string of the molecule is CC(=O)c1c(O)nc(-c2ccccc2)n(C)c1=O. The number of ketones is 1. The summed E-state index contributed by atoms with van der Waals surface area (Å²) in [6, 6.07) is 8.99. The number of hydrogen-bond acceptors (Lipinski definition) is 4. The van der Waals surface area contributed by atoms with Crippen LogP contribution in [0.25, 0.3) is 11.4 Å². The van der Waals surface area contributed by atoms with Gasteiger partial charge in [0.05, 0.1) is 0 Å². The Kier molecular flexibility index (Phi) is 2.97. The molecule has 1 N–H and O–H groups in total. The van der Waals surface area contributed by atoms with Crippen molar-refractivity contribution in [2.45, 2.75) is 6.92 Å². The monoisotopic (exact) mass is 244 g/mol. The van der Waals surface area contributed by atoms with Gasteiger partial charge >= 0.3 is 0 Å². The van der Waals surface area contributed by atoms with Crippen molar-refractivity contribution in [1.29, 1.82) is 0 Å². The van der Waals surface area contributed by atoms with Gasteiger partial charge in [0.1, 0.15) is 11.4 Å². The van der Waals surface area contributed by atoms with Crippen LogP contribution in [0, 0.1) is 0 Å². The Morgan fingerprint density at radius 2 is 1.89 bits per heavy atom. The third-order valence-electron chi connectivity index (χ3n) is 2.66. The second-order valence-electron chi connectivity index (χ2n) is 3.92. The molecule has 0 radical (unpaired) electrons. The van der Waals surface area contributed by atoms with E-state index in [-0.39, 0.29) is 5.56 Å². The lowest BCUT2D eigenvalue weighted by atomic mass is 10.2. The summed E-state index contributed by atoms with van der Waals surface area (Å²) >= 11 is 0. The molecule has 5 nitrogen and oxygen atoms in total. The first-order valence-corrected chi connectivity index (χ1v) is 5.38. The summed E-state index contributed by atoms with van der Waals surface area (Å²) in [6.45, 7) is 1.22. The van der Waals surface area contributed by atoms with E-state index in [0.29, 0.717) is 11.4 Å². The van der Waals surface area contributed by atoms with Crippen LogP contribution in [0.3, 0.4) is 0 Å². The fourth-order valence-electron chi connectivity index (χ4n) is 1.74. The van der Waals surface area contributed by atoms with Crippen LogP contribution < -0.4 is 5.56 Å². The van der Waals surface area contributed by atoms with E-state index in [0.717, 1.165) is 0 Å². The molecule has 0 unspecified atom stereocenters.